The molecule has 3 aromatic rings. The molecule has 2 aromatic carbocycles. The monoisotopic (exact) mass is 401 g/mol. The Kier molecular flexibility index (Phi) is 5.38. The van der Waals surface area contributed by atoms with Crippen LogP contribution >= 0.6 is 11.8 Å². The predicted octanol–water partition coefficient (Wildman–Crippen LogP) is 4.35. The summed E-state index contributed by atoms with van der Waals surface area (Å²) in [6, 6.07) is 12.2. The van der Waals surface area contributed by atoms with Crippen molar-refractivity contribution in [3.8, 4) is 0 Å². The molecule has 0 N–H and O–H groups in total. The molecule has 1 saturated heterocycles. The fraction of sp³-hybridized carbons (Fsp3) is 0.250. The Morgan fingerprint density at radius 1 is 1.00 bits per heavy atom. The molecule has 1 amide bonds. The van der Waals surface area contributed by atoms with Gasteiger partial charge in [0.25, 0.3) is 5.22 Å². The number of aromatic nitrogens is 2. The molecule has 144 valence electrons. The van der Waals surface area contributed by atoms with Crippen LogP contribution in [0.25, 0.3) is 0 Å². The van der Waals surface area contributed by atoms with E-state index in [0.717, 1.165) is 17.5 Å². The average molecular weight is 401 g/mol. The number of carbonyl (C=O) groups is 1. The van der Waals surface area contributed by atoms with Gasteiger partial charge >= 0.3 is 0 Å². The number of thioether (sulfide) groups is 1. The molecule has 1 aliphatic rings. The van der Waals surface area contributed by atoms with Crippen LogP contribution in [0, 0.1) is 11.6 Å². The van der Waals surface area contributed by atoms with Crippen LogP contribution in [0.15, 0.2) is 58.2 Å². The van der Waals surface area contributed by atoms with Gasteiger partial charge in [0.05, 0.1) is 11.8 Å². The van der Waals surface area contributed by atoms with Crippen LogP contribution < -0.4 is 0 Å². The summed E-state index contributed by atoms with van der Waals surface area (Å²) in [6.45, 7) is 0.988. The van der Waals surface area contributed by atoms with E-state index in [1.54, 1.807) is 29.2 Å². The van der Waals surface area contributed by atoms with E-state index in [9.17, 15) is 13.6 Å². The molecule has 1 fully saturated rings. The van der Waals surface area contributed by atoms with Gasteiger partial charge in [0.15, 0.2) is 0 Å². The lowest BCUT2D eigenvalue weighted by atomic mass is 10.0. The first-order valence-corrected chi connectivity index (χ1v) is 9.74. The number of likely N-dealkylation sites (tertiary alicyclic amines) is 1. The number of rotatable bonds is 6. The summed E-state index contributed by atoms with van der Waals surface area (Å²) in [5, 5.41) is 8.16. The summed E-state index contributed by atoms with van der Waals surface area (Å²) in [7, 11) is 0. The zero-order valence-electron chi connectivity index (χ0n) is 14.8. The van der Waals surface area contributed by atoms with Gasteiger partial charge in [-0.1, -0.05) is 36.0 Å². The Morgan fingerprint density at radius 2 is 1.61 bits per heavy atom. The number of hydrogen-bond acceptors (Lipinski definition) is 5. The highest BCUT2D eigenvalue weighted by atomic mass is 32.2. The van der Waals surface area contributed by atoms with Crippen molar-refractivity contribution >= 4 is 17.7 Å². The van der Waals surface area contributed by atoms with Crippen LogP contribution in [0.5, 0.6) is 0 Å². The van der Waals surface area contributed by atoms with Crippen LogP contribution in [-0.4, -0.2) is 27.5 Å². The molecular formula is C20H17F2N3O2S. The first-order valence-electron chi connectivity index (χ1n) is 8.86. The smallest absolute Gasteiger partial charge is 0.277 e. The summed E-state index contributed by atoms with van der Waals surface area (Å²) >= 11 is 1.30. The van der Waals surface area contributed by atoms with E-state index in [4.69, 9.17) is 4.42 Å². The van der Waals surface area contributed by atoms with Gasteiger partial charge in [0.2, 0.25) is 11.8 Å². The Morgan fingerprint density at radius 3 is 2.14 bits per heavy atom. The van der Waals surface area contributed by atoms with E-state index in [-0.39, 0.29) is 22.8 Å². The molecule has 0 atom stereocenters. The van der Waals surface area contributed by atoms with Gasteiger partial charge < -0.3 is 9.32 Å². The molecule has 2 heterocycles. The second-order valence-corrected chi connectivity index (χ2v) is 7.54. The maximum Gasteiger partial charge on any atom is 0.277 e. The van der Waals surface area contributed by atoms with Crippen molar-refractivity contribution in [2.24, 2.45) is 0 Å². The van der Waals surface area contributed by atoms with Crippen LogP contribution in [0.1, 0.15) is 35.1 Å². The lowest BCUT2D eigenvalue weighted by Crippen LogP contribution is -2.23. The van der Waals surface area contributed by atoms with Crippen LogP contribution in [0.3, 0.4) is 0 Å². The Bertz CT molecular complexity index is 915. The molecule has 0 unspecified atom stereocenters. The first-order chi connectivity index (χ1) is 13.6. The van der Waals surface area contributed by atoms with Crippen molar-refractivity contribution in [1.82, 2.24) is 15.1 Å². The molecule has 4 rings (SSSR count). The first kappa shape index (κ1) is 18.6. The highest BCUT2D eigenvalue weighted by molar-refractivity contribution is 7.99. The van der Waals surface area contributed by atoms with Gasteiger partial charge in [-0.25, -0.2) is 8.78 Å². The summed E-state index contributed by atoms with van der Waals surface area (Å²) in [6.07, 6.45) is 1.39. The Balaban J connectivity index is 1.56. The van der Waals surface area contributed by atoms with Crippen molar-refractivity contribution in [2.45, 2.75) is 29.9 Å². The lowest BCUT2D eigenvalue weighted by molar-refractivity contribution is -0.128. The maximum absolute atomic E-state index is 13.3. The largest absolute Gasteiger partial charge is 0.414 e. The molecule has 0 bridgehead atoms. The van der Waals surface area contributed by atoms with Gasteiger partial charge in [-0.15, -0.1) is 10.2 Å². The number of halogens is 2. The molecule has 0 aliphatic carbocycles. The van der Waals surface area contributed by atoms with E-state index < -0.39 is 0 Å². The molecule has 1 aromatic heterocycles. The molecule has 5 nitrogen and oxygen atoms in total. The van der Waals surface area contributed by atoms with Crippen molar-refractivity contribution in [1.29, 1.82) is 0 Å². The zero-order valence-corrected chi connectivity index (χ0v) is 15.7. The number of amides is 1. The standard InChI is InChI=1S/C20H17F2N3O2S/c21-15-7-3-13(4-8-15)19(14-5-9-16(22)10-6-14)28-20-24-23-17(27-20)12-25-11-1-2-18(25)26/h3-10,19H,1-2,11-12H2. The topological polar surface area (TPSA) is 59.2 Å². The van der Waals surface area contributed by atoms with Gasteiger partial charge in [0.1, 0.15) is 11.6 Å². The van der Waals surface area contributed by atoms with E-state index >= 15 is 0 Å². The van der Waals surface area contributed by atoms with Crippen molar-refractivity contribution in [3.05, 3.63) is 77.2 Å². The van der Waals surface area contributed by atoms with Crippen molar-refractivity contribution in [2.75, 3.05) is 6.54 Å². The minimum absolute atomic E-state index is 0.0860. The summed E-state index contributed by atoms with van der Waals surface area (Å²) < 4.78 is 32.4. The van der Waals surface area contributed by atoms with Crippen LogP contribution in [0.2, 0.25) is 0 Å². The van der Waals surface area contributed by atoms with Crippen molar-refractivity contribution in [3.63, 3.8) is 0 Å². The van der Waals surface area contributed by atoms with Gasteiger partial charge in [-0.2, -0.15) is 0 Å². The highest BCUT2D eigenvalue weighted by Crippen LogP contribution is 2.40. The summed E-state index contributed by atoms with van der Waals surface area (Å²) in [5.74, 6) is -0.207. The lowest BCUT2D eigenvalue weighted by Gasteiger charge is -2.15. The van der Waals surface area contributed by atoms with Crippen LogP contribution in [-0.2, 0) is 11.3 Å². The molecule has 0 saturated carbocycles. The zero-order chi connectivity index (χ0) is 19.5. The van der Waals surface area contributed by atoms with E-state index in [1.165, 1.54) is 36.0 Å². The third-order valence-electron chi connectivity index (χ3n) is 4.51. The van der Waals surface area contributed by atoms with E-state index in [2.05, 4.69) is 10.2 Å². The SMILES string of the molecule is O=C1CCCN1Cc1nnc(SC(c2ccc(F)cc2)c2ccc(F)cc2)o1. The van der Waals surface area contributed by atoms with Crippen molar-refractivity contribution < 1.29 is 18.0 Å². The second-order valence-electron chi connectivity index (χ2n) is 6.48. The van der Waals surface area contributed by atoms with Crippen LogP contribution in [0.4, 0.5) is 8.78 Å². The fourth-order valence-electron chi connectivity index (χ4n) is 3.09. The van der Waals surface area contributed by atoms with E-state index in [0.29, 0.717) is 30.6 Å². The average Bonchev–Trinajstić information content (AvgIpc) is 3.31. The highest BCUT2D eigenvalue weighted by Gasteiger charge is 2.24. The summed E-state index contributed by atoms with van der Waals surface area (Å²) in [5.41, 5.74) is 1.65. The quantitative estimate of drug-likeness (QED) is 0.575. The van der Waals surface area contributed by atoms with Gasteiger partial charge in [-0.05, 0) is 41.8 Å². The summed E-state index contributed by atoms with van der Waals surface area (Å²) in [4.78, 5) is 13.5. The number of benzene rings is 2. The van der Waals surface area contributed by atoms with Gasteiger partial charge in [-0.3, -0.25) is 4.79 Å². The number of hydrogen-bond donors (Lipinski definition) is 0. The minimum atomic E-state index is -0.332. The number of carbonyl (C=O) groups excluding carboxylic acids is 1. The maximum atomic E-state index is 13.3. The second kappa shape index (κ2) is 8.10. The third kappa shape index (κ3) is 4.22. The molecular weight excluding hydrogens is 384 g/mol. The molecule has 0 spiro atoms. The van der Waals surface area contributed by atoms with E-state index in [1.807, 2.05) is 0 Å². The molecule has 1 aliphatic heterocycles. The Hall–Kier alpha value is -2.74. The normalized spacial score (nSPS) is 14.2. The van der Waals surface area contributed by atoms with Gasteiger partial charge in [0, 0.05) is 13.0 Å². The fourth-order valence-corrected chi connectivity index (χ4v) is 4.11. The molecule has 0 radical (unpaired) electrons. The minimum Gasteiger partial charge on any atom is -0.414 e. The molecule has 8 heteroatoms. The third-order valence-corrected chi connectivity index (χ3v) is 5.66. The number of nitrogens with zero attached hydrogens (tertiary/aromatic N) is 3. The molecule has 28 heavy (non-hydrogen) atoms. The Labute approximate surface area is 164 Å². The predicted molar refractivity (Wildman–Crippen MR) is 99.4 cm³/mol.